The zero-order valence-corrected chi connectivity index (χ0v) is 9.85. The molecule has 0 aliphatic heterocycles. The lowest BCUT2D eigenvalue weighted by Crippen LogP contribution is -1.97. The molecule has 0 atom stereocenters. The maximum Gasteiger partial charge on any atom is 0.321 e. The molecule has 0 saturated heterocycles. The van der Waals surface area contributed by atoms with Gasteiger partial charge in [-0.05, 0) is 28.9 Å². The van der Waals surface area contributed by atoms with E-state index in [1.807, 2.05) is 5.38 Å². The molecule has 2 aromatic heterocycles. The van der Waals surface area contributed by atoms with Crippen LogP contribution in [-0.4, -0.2) is 10.1 Å². The number of anilines is 1. The Labute approximate surface area is 93.5 Å². The lowest BCUT2D eigenvalue weighted by atomic mass is 10.5. The Bertz CT molecular complexity index is 385. The fourth-order valence-electron chi connectivity index (χ4n) is 0.978. The summed E-state index contributed by atoms with van der Waals surface area (Å²) in [5.74, 6) is 0.639. The number of aryl methyl sites for hydroxylation is 1. The average molecular weight is 274 g/mol. The quantitative estimate of drug-likeness (QED) is 0.935. The maximum absolute atomic E-state index is 4.91. The SMILES string of the molecule is Cc1noc(NCc2cc(Br)cs2)n1. The van der Waals surface area contributed by atoms with Crippen LogP contribution in [0.5, 0.6) is 0 Å². The van der Waals surface area contributed by atoms with Crippen LogP contribution in [-0.2, 0) is 6.54 Å². The molecule has 2 heterocycles. The Kier molecular flexibility index (Phi) is 2.83. The van der Waals surface area contributed by atoms with Crippen molar-refractivity contribution in [3.63, 3.8) is 0 Å². The van der Waals surface area contributed by atoms with Gasteiger partial charge in [0.2, 0.25) is 0 Å². The highest BCUT2D eigenvalue weighted by Crippen LogP contribution is 2.20. The molecule has 0 saturated carbocycles. The standard InChI is InChI=1S/C8H8BrN3OS/c1-5-11-8(13-12-5)10-3-7-2-6(9)4-14-7/h2,4H,3H2,1H3,(H,10,11,12). The monoisotopic (exact) mass is 273 g/mol. The zero-order valence-electron chi connectivity index (χ0n) is 7.45. The third kappa shape index (κ3) is 2.33. The molecule has 0 aliphatic carbocycles. The zero-order chi connectivity index (χ0) is 9.97. The van der Waals surface area contributed by atoms with E-state index in [1.54, 1.807) is 18.3 Å². The summed E-state index contributed by atoms with van der Waals surface area (Å²) in [6, 6.07) is 2.52. The second-order valence-corrected chi connectivity index (χ2v) is 4.64. The normalized spacial score (nSPS) is 10.4. The first-order chi connectivity index (χ1) is 6.74. The average Bonchev–Trinajstić information content (AvgIpc) is 2.72. The van der Waals surface area contributed by atoms with Crippen LogP contribution in [0.1, 0.15) is 10.7 Å². The van der Waals surface area contributed by atoms with Gasteiger partial charge in [-0.25, -0.2) is 0 Å². The molecule has 0 aliphatic rings. The van der Waals surface area contributed by atoms with Gasteiger partial charge in [0.25, 0.3) is 0 Å². The fourth-order valence-corrected chi connectivity index (χ4v) is 2.37. The van der Waals surface area contributed by atoms with Gasteiger partial charge in [0.15, 0.2) is 5.82 Å². The van der Waals surface area contributed by atoms with E-state index in [9.17, 15) is 0 Å². The predicted octanol–water partition coefficient (Wildman–Crippen LogP) is 2.81. The Morgan fingerprint density at radius 2 is 2.50 bits per heavy atom. The highest BCUT2D eigenvalue weighted by atomic mass is 79.9. The molecule has 74 valence electrons. The minimum absolute atomic E-state index is 0.465. The Hall–Kier alpha value is -0.880. The molecule has 0 aromatic carbocycles. The lowest BCUT2D eigenvalue weighted by molar-refractivity contribution is 0.425. The first-order valence-corrected chi connectivity index (χ1v) is 5.68. The Balaban J connectivity index is 1.94. The summed E-state index contributed by atoms with van der Waals surface area (Å²) in [4.78, 5) is 5.25. The molecule has 1 N–H and O–H groups in total. The van der Waals surface area contributed by atoms with E-state index in [1.165, 1.54) is 4.88 Å². The number of hydrogen-bond donors (Lipinski definition) is 1. The van der Waals surface area contributed by atoms with Gasteiger partial charge in [0.1, 0.15) is 0 Å². The summed E-state index contributed by atoms with van der Waals surface area (Å²) < 4.78 is 6.01. The highest BCUT2D eigenvalue weighted by Gasteiger charge is 2.02. The van der Waals surface area contributed by atoms with Gasteiger partial charge in [0.05, 0.1) is 6.54 Å². The number of halogens is 1. The van der Waals surface area contributed by atoms with E-state index in [0.717, 1.165) is 4.47 Å². The van der Waals surface area contributed by atoms with Crippen LogP contribution in [0.2, 0.25) is 0 Å². The first kappa shape index (κ1) is 9.67. The van der Waals surface area contributed by atoms with Crippen molar-refractivity contribution in [1.82, 2.24) is 10.1 Å². The van der Waals surface area contributed by atoms with Gasteiger partial charge in [-0.3, -0.25) is 0 Å². The number of rotatable bonds is 3. The Morgan fingerprint density at radius 3 is 3.07 bits per heavy atom. The first-order valence-electron chi connectivity index (χ1n) is 4.01. The van der Waals surface area contributed by atoms with E-state index in [-0.39, 0.29) is 0 Å². The van der Waals surface area contributed by atoms with Crippen molar-refractivity contribution in [3.05, 3.63) is 26.6 Å². The van der Waals surface area contributed by atoms with Gasteiger partial charge in [-0.15, -0.1) is 11.3 Å². The van der Waals surface area contributed by atoms with Crippen molar-refractivity contribution in [2.24, 2.45) is 0 Å². The van der Waals surface area contributed by atoms with Gasteiger partial charge in [-0.2, -0.15) is 4.98 Å². The van der Waals surface area contributed by atoms with Gasteiger partial charge >= 0.3 is 6.01 Å². The third-order valence-electron chi connectivity index (χ3n) is 1.56. The molecule has 4 nitrogen and oxygen atoms in total. The van der Waals surface area contributed by atoms with Crippen LogP contribution in [0, 0.1) is 6.92 Å². The molecule has 6 heteroatoms. The Morgan fingerprint density at radius 1 is 1.64 bits per heavy atom. The van der Waals surface area contributed by atoms with Crippen LogP contribution >= 0.6 is 27.3 Å². The molecule has 0 bridgehead atoms. The van der Waals surface area contributed by atoms with Crippen LogP contribution in [0.15, 0.2) is 20.4 Å². The van der Waals surface area contributed by atoms with Crippen molar-refractivity contribution < 1.29 is 4.52 Å². The van der Waals surface area contributed by atoms with Crippen molar-refractivity contribution in [3.8, 4) is 0 Å². The minimum Gasteiger partial charge on any atom is -0.333 e. The van der Waals surface area contributed by atoms with E-state index in [2.05, 4.69) is 37.5 Å². The summed E-state index contributed by atoms with van der Waals surface area (Å²) in [6.07, 6.45) is 0. The fraction of sp³-hybridized carbons (Fsp3) is 0.250. The number of hydrogen-bond acceptors (Lipinski definition) is 5. The molecule has 2 aromatic rings. The number of aromatic nitrogens is 2. The van der Waals surface area contributed by atoms with Crippen molar-refractivity contribution in [2.45, 2.75) is 13.5 Å². The van der Waals surface area contributed by atoms with Crippen LogP contribution in [0.3, 0.4) is 0 Å². The van der Waals surface area contributed by atoms with Crippen molar-refractivity contribution in [2.75, 3.05) is 5.32 Å². The number of nitrogens with zero attached hydrogens (tertiary/aromatic N) is 2. The molecule has 14 heavy (non-hydrogen) atoms. The van der Waals surface area contributed by atoms with E-state index >= 15 is 0 Å². The van der Waals surface area contributed by atoms with Gasteiger partial charge in [0, 0.05) is 14.7 Å². The third-order valence-corrected chi connectivity index (χ3v) is 3.26. The molecule has 0 spiro atoms. The van der Waals surface area contributed by atoms with Crippen molar-refractivity contribution in [1.29, 1.82) is 0 Å². The van der Waals surface area contributed by atoms with Crippen LogP contribution in [0.4, 0.5) is 6.01 Å². The summed E-state index contributed by atoms with van der Waals surface area (Å²) in [6.45, 7) is 2.49. The lowest BCUT2D eigenvalue weighted by Gasteiger charge is -1.95. The molecule has 0 unspecified atom stereocenters. The van der Waals surface area contributed by atoms with E-state index < -0.39 is 0 Å². The maximum atomic E-state index is 4.91. The minimum atomic E-state index is 0.465. The highest BCUT2D eigenvalue weighted by molar-refractivity contribution is 9.10. The number of thiophene rings is 1. The predicted molar refractivity (Wildman–Crippen MR) is 58.4 cm³/mol. The van der Waals surface area contributed by atoms with Crippen LogP contribution < -0.4 is 5.32 Å². The van der Waals surface area contributed by atoms with Crippen LogP contribution in [0.25, 0.3) is 0 Å². The molecule has 0 radical (unpaired) electrons. The molecule has 0 amide bonds. The summed E-state index contributed by atoms with van der Waals surface area (Å²) in [5.41, 5.74) is 0. The molecule has 2 rings (SSSR count). The number of nitrogens with one attached hydrogen (secondary N) is 1. The van der Waals surface area contributed by atoms with Gasteiger partial charge in [-0.1, -0.05) is 5.16 Å². The summed E-state index contributed by atoms with van der Waals surface area (Å²) >= 11 is 5.07. The second-order valence-electron chi connectivity index (χ2n) is 2.73. The molecular weight excluding hydrogens is 266 g/mol. The topological polar surface area (TPSA) is 51.0 Å². The van der Waals surface area contributed by atoms with E-state index in [4.69, 9.17) is 4.52 Å². The van der Waals surface area contributed by atoms with Crippen molar-refractivity contribution >= 4 is 33.3 Å². The second kappa shape index (κ2) is 4.10. The van der Waals surface area contributed by atoms with Gasteiger partial charge < -0.3 is 9.84 Å². The smallest absolute Gasteiger partial charge is 0.321 e. The summed E-state index contributed by atoms with van der Waals surface area (Å²) in [7, 11) is 0. The molecule has 0 fully saturated rings. The largest absolute Gasteiger partial charge is 0.333 e. The van der Waals surface area contributed by atoms with E-state index in [0.29, 0.717) is 18.4 Å². The summed E-state index contributed by atoms with van der Waals surface area (Å²) in [5, 5.41) is 8.76. The molecular formula is C8H8BrN3OS.